The Kier molecular flexibility index (Phi) is 4.30. The molecule has 0 aliphatic carbocycles. The maximum atomic E-state index is 12.0. The van der Waals surface area contributed by atoms with Gasteiger partial charge in [0.1, 0.15) is 5.69 Å². The maximum absolute atomic E-state index is 12.0. The summed E-state index contributed by atoms with van der Waals surface area (Å²) in [5.74, 6) is -1.08. The SMILES string of the molecule is Cc1c(-c2cnc3ccc(Cl)cc3c2C(=O)O)nnn1-c1ccc(Cl)cc1. The van der Waals surface area contributed by atoms with Gasteiger partial charge in [-0.25, -0.2) is 9.48 Å². The summed E-state index contributed by atoms with van der Waals surface area (Å²) < 4.78 is 1.62. The molecule has 2 aromatic heterocycles. The van der Waals surface area contributed by atoms with Gasteiger partial charge in [-0.3, -0.25) is 4.98 Å². The maximum Gasteiger partial charge on any atom is 0.337 e. The van der Waals surface area contributed by atoms with Gasteiger partial charge in [-0.15, -0.1) is 5.10 Å². The van der Waals surface area contributed by atoms with E-state index in [1.165, 1.54) is 6.20 Å². The number of benzene rings is 2. The molecule has 134 valence electrons. The Hall–Kier alpha value is -2.96. The molecule has 27 heavy (non-hydrogen) atoms. The summed E-state index contributed by atoms with van der Waals surface area (Å²) in [6.07, 6.45) is 1.50. The zero-order valence-electron chi connectivity index (χ0n) is 14.0. The average Bonchev–Trinajstić information content (AvgIpc) is 3.02. The van der Waals surface area contributed by atoms with Crippen LogP contribution in [0.3, 0.4) is 0 Å². The number of carbonyl (C=O) groups is 1. The van der Waals surface area contributed by atoms with E-state index in [4.69, 9.17) is 23.2 Å². The Bertz CT molecular complexity index is 1190. The predicted octanol–water partition coefficient (Wildman–Crippen LogP) is 4.80. The number of aromatic carboxylic acids is 1. The fraction of sp³-hybridized carbons (Fsp3) is 0.0526. The third-order valence-corrected chi connectivity index (χ3v) is 4.75. The average molecular weight is 399 g/mol. The molecule has 2 aromatic carbocycles. The van der Waals surface area contributed by atoms with Crippen molar-refractivity contribution in [3.8, 4) is 16.9 Å². The molecule has 0 amide bonds. The second-order valence-corrected chi connectivity index (χ2v) is 6.80. The van der Waals surface area contributed by atoms with Crippen LogP contribution in [-0.2, 0) is 0 Å². The van der Waals surface area contributed by atoms with Crippen LogP contribution in [-0.4, -0.2) is 31.1 Å². The van der Waals surface area contributed by atoms with Gasteiger partial charge in [0.05, 0.1) is 22.5 Å². The molecule has 8 heteroatoms. The third-order valence-electron chi connectivity index (χ3n) is 4.26. The molecule has 2 heterocycles. The number of carboxylic acid groups (broad SMARTS) is 1. The van der Waals surface area contributed by atoms with E-state index in [9.17, 15) is 9.90 Å². The first-order valence-electron chi connectivity index (χ1n) is 7.96. The van der Waals surface area contributed by atoms with Gasteiger partial charge >= 0.3 is 5.97 Å². The monoisotopic (exact) mass is 398 g/mol. The van der Waals surface area contributed by atoms with Crippen LogP contribution >= 0.6 is 23.2 Å². The number of aromatic nitrogens is 4. The zero-order valence-corrected chi connectivity index (χ0v) is 15.5. The van der Waals surface area contributed by atoms with E-state index in [0.717, 1.165) is 5.69 Å². The van der Waals surface area contributed by atoms with Crippen LogP contribution < -0.4 is 0 Å². The number of carboxylic acids is 1. The van der Waals surface area contributed by atoms with E-state index < -0.39 is 5.97 Å². The Morgan fingerprint density at radius 1 is 1.07 bits per heavy atom. The first kappa shape index (κ1) is 17.5. The van der Waals surface area contributed by atoms with Gasteiger partial charge in [-0.2, -0.15) is 0 Å². The van der Waals surface area contributed by atoms with Crippen LogP contribution in [0.5, 0.6) is 0 Å². The number of fused-ring (bicyclic) bond motifs is 1. The van der Waals surface area contributed by atoms with Crippen molar-refractivity contribution in [3.63, 3.8) is 0 Å². The Morgan fingerprint density at radius 2 is 1.78 bits per heavy atom. The second-order valence-electron chi connectivity index (χ2n) is 5.93. The molecule has 6 nitrogen and oxygen atoms in total. The van der Waals surface area contributed by atoms with Gasteiger partial charge < -0.3 is 5.11 Å². The molecular formula is C19H12Cl2N4O2. The molecule has 0 spiro atoms. The molecule has 4 aromatic rings. The van der Waals surface area contributed by atoms with Crippen LogP contribution in [0.2, 0.25) is 10.0 Å². The number of nitrogens with zero attached hydrogens (tertiary/aromatic N) is 4. The smallest absolute Gasteiger partial charge is 0.337 e. The highest BCUT2D eigenvalue weighted by Crippen LogP contribution is 2.31. The van der Waals surface area contributed by atoms with E-state index >= 15 is 0 Å². The number of hydrogen-bond acceptors (Lipinski definition) is 4. The highest BCUT2D eigenvalue weighted by Gasteiger charge is 2.22. The number of pyridine rings is 1. The minimum absolute atomic E-state index is 0.0914. The molecule has 1 N–H and O–H groups in total. The summed E-state index contributed by atoms with van der Waals surface area (Å²) in [4.78, 5) is 16.4. The van der Waals surface area contributed by atoms with E-state index in [1.54, 1.807) is 35.0 Å². The van der Waals surface area contributed by atoms with Crippen molar-refractivity contribution in [1.29, 1.82) is 0 Å². The van der Waals surface area contributed by atoms with Gasteiger partial charge in [0, 0.05) is 27.2 Å². The molecular weight excluding hydrogens is 387 g/mol. The van der Waals surface area contributed by atoms with Gasteiger partial charge in [0.15, 0.2) is 0 Å². The summed E-state index contributed by atoms with van der Waals surface area (Å²) in [7, 11) is 0. The molecule has 0 aliphatic rings. The molecule has 0 bridgehead atoms. The van der Waals surface area contributed by atoms with E-state index in [1.807, 2.05) is 19.1 Å². The van der Waals surface area contributed by atoms with Gasteiger partial charge in [-0.05, 0) is 49.4 Å². The van der Waals surface area contributed by atoms with Gasteiger partial charge in [0.2, 0.25) is 0 Å². The van der Waals surface area contributed by atoms with E-state index in [-0.39, 0.29) is 5.56 Å². The number of rotatable bonds is 3. The van der Waals surface area contributed by atoms with Crippen molar-refractivity contribution in [1.82, 2.24) is 20.0 Å². The molecule has 0 radical (unpaired) electrons. The first-order chi connectivity index (χ1) is 13.0. The first-order valence-corrected chi connectivity index (χ1v) is 8.71. The largest absolute Gasteiger partial charge is 0.478 e. The summed E-state index contributed by atoms with van der Waals surface area (Å²) in [5.41, 5.74) is 2.91. The van der Waals surface area contributed by atoms with E-state index in [2.05, 4.69) is 15.3 Å². The summed E-state index contributed by atoms with van der Waals surface area (Å²) >= 11 is 12.0. The highest BCUT2D eigenvalue weighted by molar-refractivity contribution is 6.31. The minimum atomic E-state index is -1.08. The van der Waals surface area contributed by atoms with Crippen LogP contribution in [0.1, 0.15) is 16.1 Å². The molecule has 4 rings (SSSR count). The number of hydrogen-bond donors (Lipinski definition) is 1. The molecule has 0 aliphatic heterocycles. The Labute approximate surface area is 164 Å². The minimum Gasteiger partial charge on any atom is -0.478 e. The quantitative estimate of drug-likeness (QED) is 0.536. The number of halogens is 2. The molecule has 0 fully saturated rings. The molecule has 0 saturated heterocycles. The lowest BCUT2D eigenvalue weighted by atomic mass is 10.0. The van der Waals surface area contributed by atoms with Crippen LogP contribution in [0.25, 0.3) is 27.8 Å². The van der Waals surface area contributed by atoms with Crippen molar-refractivity contribution in [3.05, 3.63) is 70.0 Å². The lowest BCUT2D eigenvalue weighted by Gasteiger charge is -2.09. The van der Waals surface area contributed by atoms with Crippen molar-refractivity contribution in [2.45, 2.75) is 6.92 Å². The van der Waals surface area contributed by atoms with Crippen LogP contribution in [0.4, 0.5) is 0 Å². The topological polar surface area (TPSA) is 80.9 Å². The molecule has 0 atom stereocenters. The van der Waals surface area contributed by atoms with Crippen molar-refractivity contribution in [2.24, 2.45) is 0 Å². The highest BCUT2D eigenvalue weighted by atomic mass is 35.5. The normalized spacial score (nSPS) is 11.1. The van der Waals surface area contributed by atoms with Crippen molar-refractivity contribution in [2.75, 3.05) is 0 Å². The second kappa shape index (κ2) is 6.64. The van der Waals surface area contributed by atoms with E-state index in [0.29, 0.717) is 37.9 Å². The summed E-state index contributed by atoms with van der Waals surface area (Å²) in [5, 5.41) is 19.7. The van der Waals surface area contributed by atoms with Crippen LogP contribution in [0.15, 0.2) is 48.7 Å². The third kappa shape index (κ3) is 3.03. The lowest BCUT2D eigenvalue weighted by molar-refractivity contribution is 0.0699. The van der Waals surface area contributed by atoms with Crippen LogP contribution in [0, 0.1) is 6.92 Å². The zero-order chi connectivity index (χ0) is 19.1. The van der Waals surface area contributed by atoms with Crippen molar-refractivity contribution >= 4 is 40.1 Å². The fourth-order valence-electron chi connectivity index (χ4n) is 2.98. The Morgan fingerprint density at radius 3 is 2.48 bits per heavy atom. The van der Waals surface area contributed by atoms with Gasteiger partial charge in [-0.1, -0.05) is 28.4 Å². The lowest BCUT2D eigenvalue weighted by Crippen LogP contribution is -2.04. The van der Waals surface area contributed by atoms with Crippen molar-refractivity contribution < 1.29 is 9.90 Å². The summed E-state index contributed by atoms with van der Waals surface area (Å²) in [6, 6.07) is 12.1. The standard InChI is InChI=1S/C19H12Cl2N4O2/c1-10-18(23-24-25(10)13-5-2-11(20)3-6-13)15-9-22-16-7-4-12(21)8-14(16)17(15)19(26)27/h2-9H,1H3,(H,26,27). The molecule has 0 unspecified atom stereocenters. The summed E-state index contributed by atoms with van der Waals surface area (Å²) in [6.45, 7) is 1.82. The predicted molar refractivity (Wildman–Crippen MR) is 104 cm³/mol. The Balaban J connectivity index is 1.94. The molecule has 0 saturated carbocycles. The fourth-order valence-corrected chi connectivity index (χ4v) is 3.28. The van der Waals surface area contributed by atoms with Gasteiger partial charge in [0.25, 0.3) is 0 Å².